The molecule has 0 aliphatic heterocycles. The summed E-state index contributed by atoms with van der Waals surface area (Å²) in [4.78, 5) is 11.4. The molecule has 0 saturated carbocycles. The van der Waals surface area contributed by atoms with Crippen molar-refractivity contribution in [3.05, 3.63) is 94.1 Å². The number of pyridine rings is 1. The van der Waals surface area contributed by atoms with Crippen molar-refractivity contribution in [2.24, 2.45) is 0 Å². The lowest BCUT2D eigenvalue weighted by molar-refractivity contribution is 0.304. The van der Waals surface area contributed by atoms with E-state index < -0.39 is 0 Å². The van der Waals surface area contributed by atoms with Gasteiger partial charge in [0.1, 0.15) is 17.4 Å². The lowest BCUT2D eigenvalue weighted by atomic mass is 9.94. The minimum atomic E-state index is 0.411. The van der Waals surface area contributed by atoms with Crippen LogP contribution in [0.15, 0.2) is 72.4 Å². The molecule has 188 valence electrons. The number of nitrogens with zero attached hydrogens (tertiary/aromatic N) is 3. The number of aromatic nitrogens is 2. The van der Waals surface area contributed by atoms with E-state index >= 15 is 0 Å². The molecule has 2 aromatic carbocycles. The van der Waals surface area contributed by atoms with Crippen molar-refractivity contribution in [3.8, 4) is 17.0 Å². The summed E-state index contributed by atoms with van der Waals surface area (Å²) in [7, 11) is 0. The monoisotopic (exact) mass is 499 g/mol. The molecular formula is C31H37N3OS. The Morgan fingerprint density at radius 3 is 2.31 bits per heavy atom. The molecule has 4 rings (SSSR count). The summed E-state index contributed by atoms with van der Waals surface area (Å²) in [6.45, 7) is 12.4. The summed E-state index contributed by atoms with van der Waals surface area (Å²) in [6.07, 6.45) is 5.94. The highest BCUT2D eigenvalue weighted by atomic mass is 32.1. The maximum absolute atomic E-state index is 5.86. The number of benzene rings is 2. The Morgan fingerprint density at radius 1 is 0.944 bits per heavy atom. The zero-order valence-electron chi connectivity index (χ0n) is 22.1. The van der Waals surface area contributed by atoms with Gasteiger partial charge < -0.3 is 9.64 Å². The van der Waals surface area contributed by atoms with E-state index in [1.165, 1.54) is 29.7 Å². The van der Waals surface area contributed by atoms with Crippen molar-refractivity contribution in [3.63, 3.8) is 0 Å². The van der Waals surface area contributed by atoms with E-state index in [1.807, 2.05) is 19.2 Å². The van der Waals surface area contributed by atoms with Gasteiger partial charge >= 0.3 is 0 Å². The van der Waals surface area contributed by atoms with Gasteiger partial charge in [0.15, 0.2) is 0 Å². The number of rotatable bonds is 11. The highest BCUT2D eigenvalue weighted by Gasteiger charge is 2.14. The molecule has 0 saturated heterocycles. The first-order valence-electron chi connectivity index (χ1n) is 12.9. The van der Waals surface area contributed by atoms with Crippen molar-refractivity contribution in [2.45, 2.75) is 72.6 Å². The van der Waals surface area contributed by atoms with Gasteiger partial charge in [0.05, 0.1) is 11.9 Å². The second-order valence-corrected chi connectivity index (χ2v) is 10.6. The fraction of sp³-hybridized carbons (Fsp3) is 0.355. The second kappa shape index (κ2) is 12.2. The van der Waals surface area contributed by atoms with Crippen LogP contribution in [0.1, 0.15) is 68.2 Å². The van der Waals surface area contributed by atoms with Crippen molar-refractivity contribution in [1.29, 1.82) is 0 Å². The van der Waals surface area contributed by atoms with Gasteiger partial charge in [-0.25, -0.2) is 4.98 Å². The Labute approximate surface area is 220 Å². The first-order chi connectivity index (χ1) is 17.5. The third-order valence-electron chi connectivity index (χ3n) is 6.67. The van der Waals surface area contributed by atoms with E-state index in [1.54, 1.807) is 17.5 Å². The SMILES string of the molecule is CCC(CC)c1ccc(N(Cc2ccc(-c3csc(COc4cncc(C)c4)n3)cc2)C(C)C)cc1. The van der Waals surface area contributed by atoms with E-state index in [0.29, 0.717) is 18.6 Å². The standard InChI is InChI=1S/C31H37N3OS/c1-6-25(7-2)26-12-14-28(15-13-26)34(22(3)4)19-24-8-10-27(11-9-24)30-21-36-31(33-30)20-35-29-16-23(5)17-32-18-29/h8-18,21-22,25H,6-7,19-20H2,1-5H3. The van der Waals surface area contributed by atoms with Crippen LogP contribution in [0, 0.1) is 6.92 Å². The van der Waals surface area contributed by atoms with Crippen molar-refractivity contribution >= 4 is 17.0 Å². The van der Waals surface area contributed by atoms with Gasteiger partial charge in [-0.15, -0.1) is 11.3 Å². The molecule has 0 fully saturated rings. The number of hydrogen-bond acceptors (Lipinski definition) is 5. The van der Waals surface area contributed by atoms with Crippen LogP contribution >= 0.6 is 11.3 Å². The molecule has 0 aliphatic rings. The van der Waals surface area contributed by atoms with Gasteiger partial charge in [0.2, 0.25) is 0 Å². The molecular weight excluding hydrogens is 462 g/mol. The third-order valence-corrected chi connectivity index (χ3v) is 7.49. The lowest BCUT2D eigenvalue weighted by Crippen LogP contribution is -2.30. The van der Waals surface area contributed by atoms with Crippen LogP contribution in [0.2, 0.25) is 0 Å². The molecule has 0 amide bonds. The smallest absolute Gasteiger partial charge is 0.140 e. The maximum atomic E-state index is 5.86. The molecule has 5 heteroatoms. The number of thiazole rings is 1. The predicted octanol–water partition coefficient (Wildman–Crippen LogP) is 8.41. The summed E-state index contributed by atoms with van der Waals surface area (Å²) < 4.78 is 5.86. The maximum Gasteiger partial charge on any atom is 0.140 e. The average Bonchev–Trinajstić information content (AvgIpc) is 3.37. The van der Waals surface area contributed by atoms with E-state index in [9.17, 15) is 0 Å². The van der Waals surface area contributed by atoms with Crippen LogP contribution < -0.4 is 9.64 Å². The zero-order chi connectivity index (χ0) is 25.5. The molecule has 2 heterocycles. The van der Waals surface area contributed by atoms with Gasteiger partial charge in [0, 0.05) is 35.4 Å². The summed E-state index contributed by atoms with van der Waals surface area (Å²) in [6, 6.07) is 20.4. The second-order valence-electron chi connectivity index (χ2n) is 9.64. The predicted molar refractivity (Wildman–Crippen MR) is 152 cm³/mol. The Hall–Kier alpha value is -3.18. The molecule has 4 aromatic rings. The van der Waals surface area contributed by atoms with Crippen LogP contribution in [-0.2, 0) is 13.2 Å². The van der Waals surface area contributed by atoms with Crippen molar-refractivity contribution < 1.29 is 4.74 Å². The van der Waals surface area contributed by atoms with Gasteiger partial charge in [-0.05, 0) is 74.4 Å². The molecule has 4 nitrogen and oxygen atoms in total. The molecule has 36 heavy (non-hydrogen) atoms. The highest BCUT2D eigenvalue weighted by Crippen LogP contribution is 2.28. The average molecular weight is 500 g/mol. The minimum Gasteiger partial charge on any atom is -0.485 e. The number of ether oxygens (including phenoxy) is 1. The van der Waals surface area contributed by atoms with Crippen molar-refractivity contribution in [1.82, 2.24) is 9.97 Å². The summed E-state index contributed by atoms with van der Waals surface area (Å²) >= 11 is 1.63. The third kappa shape index (κ3) is 6.52. The topological polar surface area (TPSA) is 38.2 Å². The van der Waals surface area contributed by atoms with Crippen LogP contribution in [0.5, 0.6) is 5.75 Å². The molecule has 0 N–H and O–H groups in total. The minimum absolute atomic E-state index is 0.411. The van der Waals surface area contributed by atoms with E-state index in [0.717, 1.165) is 34.1 Å². The number of anilines is 1. The quantitative estimate of drug-likeness (QED) is 0.208. The molecule has 0 radical (unpaired) electrons. The largest absolute Gasteiger partial charge is 0.485 e. The summed E-state index contributed by atoms with van der Waals surface area (Å²) in [5, 5.41) is 3.06. The van der Waals surface area contributed by atoms with E-state index in [4.69, 9.17) is 9.72 Å². The first kappa shape index (κ1) is 25.9. The van der Waals surface area contributed by atoms with Crippen LogP contribution in [0.25, 0.3) is 11.3 Å². The fourth-order valence-electron chi connectivity index (χ4n) is 4.51. The van der Waals surface area contributed by atoms with Gasteiger partial charge in [-0.1, -0.05) is 50.2 Å². The van der Waals surface area contributed by atoms with E-state index in [-0.39, 0.29) is 0 Å². The Kier molecular flexibility index (Phi) is 8.76. The number of hydrogen-bond donors (Lipinski definition) is 0. The summed E-state index contributed by atoms with van der Waals surface area (Å²) in [5.74, 6) is 1.42. The molecule has 0 unspecified atom stereocenters. The Morgan fingerprint density at radius 2 is 1.67 bits per heavy atom. The normalized spacial score (nSPS) is 11.3. The molecule has 2 aromatic heterocycles. The Balaban J connectivity index is 1.40. The van der Waals surface area contributed by atoms with Gasteiger partial charge in [-0.2, -0.15) is 0 Å². The fourth-order valence-corrected chi connectivity index (χ4v) is 5.22. The van der Waals surface area contributed by atoms with E-state index in [2.05, 4.69) is 91.5 Å². The molecule has 0 spiro atoms. The number of aryl methyl sites for hydroxylation is 1. The molecule has 0 atom stereocenters. The van der Waals surface area contributed by atoms with Gasteiger partial charge in [-0.3, -0.25) is 4.98 Å². The zero-order valence-corrected chi connectivity index (χ0v) is 22.9. The Bertz CT molecular complexity index is 1230. The first-order valence-corrected chi connectivity index (χ1v) is 13.8. The van der Waals surface area contributed by atoms with Crippen LogP contribution in [0.4, 0.5) is 5.69 Å². The highest BCUT2D eigenvalue weighted by molar-refractivity contribution is 7.09. The molecule has 0 aliphatic carbocycles. The van der Waals surface area contributed by atoms with Crippen LogP contribution in [0.3, 0.4) is 0 Å². The van der Waals surface area contributed by atoms with Crippen molar-refractivity contribution in [2.75, 3.05) is 4.90 Å². The van der Waals surface area contributed by atoms with Gasteiger partial charge in [0.25, 0.3) is 0 Å². The summed E-state index contributed by atoms with van der Waals surface area (Å²) in [5.41, 5.74) is 7.22. The van der Waals surface area contributed by atoms with Crippen LogP contribution in [-0.4, -0.2) is 16.0 Å². The molecule has 0 bridgehead atoms. The lowest BCUT2D eigenvalue weighted by Gasteiger charge is -2.30.